The number of hydrogen-bond donors (Lipinski definition) is 1. The summed E-state index contributed by atoms with van der Waals surface area (Å²) in [4.78, 5) is 30.0. The van der Waals surface area contributed by atoms with Gasteiger partial charge >= 0.3 is 0 Å². The van der Waals surface area contributed by atoms with Gasteiger partial charge in [-0.2, -0.15) is 0 Å². The number of amides is 2. The zero-order chi connectivity index (χ0) is 16.1. The fraction of sp³-hybridized carbons (Fsp3) is 0.235. The van der Waals surface area contributed by atoms with E-state index in [4.69, 9.17) is 4.74 Å². The molecule has 0 saturated carbocycles. The van der Waals surface area contributed by atoms with Gasteiger partial charge in [0.1, 0.15) is 0 Å². The summed E-state index contributed by atoms with van der Waals surface area (Å²) in [5, 5.41) is 2.79. The molecule has 3 rings (SSSR count). The number of pyridine rings is 1. The second-order valence-electron chi connectivity index (χ2n) is 5.17. The lowest BCUT2D eigenvalue weighted by atomic mass is 10.1. The molecule has 0 radical (unpaired) electrons. The number of carbonyl (C=O) groups is 2. The first-order valence-corrected chi connectivity index (χ1v) is 7.42. The van der Waals surface area contributed by atoms with E-state index in [1.54, 1.807) is 53.7 Å². The number of anilines is 1. The predicted molar refractivity (Wildman–Crippen MR) is 85.4 cm³/mol. The van der Waals surface area contributed by atoms with Crippen LogP contribution in [0.2, 0.25) is 0 Å². The molecule has 2 heterocycles. The van der Waals surface area contributed by atoms with Crippen molar-refractivity contribution in [2.24, 2.45) is 0 Å². The van der Waals surface area contributed by atoms with E-state index < -0.39 is 0 Å². The van der Waals surface area contributed by atoms with Crippen molar-refractivity contribution in [3.8, 4) is 0 Å². The van der Waals surface area contributed by atoms with E-state index in [0.29, 0.717) is 43.1 Å². The zero-order valence-corrected chi connectivity index (χ0v) is 12.6. The first-order valence-electron chi connectivity index (χ1n) is 7.42. The van der Waals surface area contributed by atoms with Gasteiger partial charge in [0.15, 0.2) is 0 Å². The molecule has 6 nitrogen and oxygen atoms in total. The predicted octanol–water partition coefficient (Wildman–Crippen LogP) is 1.81. The van der Waals surface area contributed by atoms with Crippen LogP contribution in [0.1, 0.15) is 20.7 Å². The molecule has 1 saturated heterocycles. The molecule has 0 unspecified atom stereocenters. The third-order valence-corrected chi connectivity index (χ3v) is 3.63. The molecule has 2 amide bonds. The Balaban J connectivity index is 1.65. The lowest BCUT2D eigenvalue weighted by molar-refractivity contribution is 0.0303. The van der Waals surface area contributed by atoms with Crippen LogP contribution in [-0.4, -0.2) is 48.0 Å². The van der Waals surface area contributed by atoms with E-state index in [-0.39, 0.29) is 11.8 Å². The van der Waals surface area contributed by atoms with E-state index in [0.717, 1.165) is 0 Å². The number of morpholine rings is 1. The van der Waals surface area contributed by atoms with Crippen LogP contribution in [0.15, 0.2) is 48.8 Å². The summed E-state index contributed by atoms with van der Waals surface area (Å²) in [5.41, 5.74) is 1.78. The number of nitrogens with one attached hydrogen (secondary N) is 1. The van der Waals surface area contributed by atoms with Crippen LogP contribution in [-0.2, 0) is 4.74 Å². The van der Waals surface area contributed by atoms with E-state index in [9.17, 15) is 9.59 Å². The van der Waals surface area contributed by atoms with Gasteiger partial charge in [-0.1, -0.05) is 0 Å². The normalized spacial score (nSPS) is 14.3. The third-order valence-electron chi connectivity index (χ3n) is 3.63. The Morgan fingerprint density at radius 2 is 1.61 bits per heavy atom. The highest BCUT2D eigenvalue weighted by Crippen LogP contribution is 2.13. The van der Waals surface area contributed by atoms with Gasteiger partial charge < -0.3 is 15.0 Å². The number of carbonyl (C=O) groups excluding carboxylic acids is 2. The maximum Gasteiger partial charge on any atom is 0.255 e. The van der Waals surface area contributed by atoms with Crippen molar-refractivity contribution >= 4 is 17.5 Å². The first-order chi connectivity index (χ1) is 11.2. The Kier molecular flexibility index (Phi) is 4.63. The van der Waals surface area contributed by atoms with E-state index in [1.807, 2.05) is 0 Å². The lowest BCUT2D eigenvalue weighted by Crippen LogP contribution is -2.40. The molecule has 0 spiro atoms. The van der Waals surface area contributed by atoms with Gasteiger partial charge in [-0.25, -0.2) is 0 Å². The monoisotopic (exact) mass is 311 g/mol. The molecule has 2 aromatic rings. The Morgan fingerprint density at radius 1 is 0.957 bits per heavy atom. The minimum absolute atomic E-state index is 0.0136. The van der Waals surface area contributed by atoms with Crippen LogP contribution in [0.25, 0.3) is 0 Å². The highest BCUT2D eigenvalue weighted by Gasteiger charge is 2.18. The Morgan fingerprint density at radius 3 is 2.26 bits per heavy atom. The van der Waals surface area contributed by atoms with E-state index in [2.05, 4.69) is 10.3 Å². The molecule has 0 aliphatic carbocycles. The van der Waals surface area contributed by atoms with Crippen LogP contribution in [0.5, 0.6) is 0 Å². The molecule has 0 bridgehead atoms. The average molecular weight is 311 g/mol. The summed E-state index contributed by atoms with van der Waals surface area (Å²) in [6.07, 6.45) is 3.14. The summed E-state index contributed by atoms with van der Waals surface area (Å²) in [7, 11) is 0. The number of nitrogens with zero attached hydrogens (tertiary/aromatic N) is 2. The van der Waals surface area contributed by atoms with Crippen molar-refractivity contribution in [1.29, 1.82) is 0 Å². The van der Waals surface area contributed by atoms with E-state index in [1.165, 1.54) is 0 Å². The van der Waals surface area contributed by atoms with Gasteiger partial charge in [-0.3, -0.25) is 14.6 Å². The van der Waals surface area contributed by atoms with Gasteiger partial charge in [0.2, 0.25) is 0 Å². The Labute approximate surface area is 134 Å². The van der Waals surface area contributed by atoms with Gasteiger partial charge in [0.25, 0.3) is 11.8 Å². The fourth-order valence-electron chi connectivity index (χ4n) is 2.35. The third kappa shape index (κ3) is 3.73. The summed E-state index contributed by atoms with van der Waals surface area (Å²) >= 11 is 0. The Bertz CT molecular complexity index is 680. The van der Waals surface area contributed by atoms with Crippen molar-refractivity contribution in [2.45, 2.75) is 0 Å². The maximum atomic E-state index is 12.3. The maximum absolute atomic E-state index is 12.3. The van der Waals surface area contributed by atoms with E-state index >= 15 is 0 Å². The molecule has 23 heavy (non-hydrogen) atoms. The number of aromatic nitrogens is 1. The van der Waals surface area contributed by atoms with Crippen LogP contribution >= 0.6 is 0 Å². The molecular formula is C17H17N3O3. The number of ether oxygens (including phenoxy) is 1. The summed E-state index contributed by atoms with van der Waals surface area (Å²) < 4.78 is 5.24. The molecule has 1 aromatic carbocycles. The summed E-state index contributed by atoms with van der Waals surface area (Å²) in [6, 6.07) is 10.2. The molecule has 0 atom stereocenters. The van der Waals surface area contributed by atoms with Crippen molar-refractivity contribution < 1.29 is 14.3 Å². The lowest BCUT2D eigenvalue weighted by Gasteiger charge is -2.26. The summed E-state index contributed by atoms with van der Waals surface area (Å²) in [5.74, 6) is -0.222. The fourth-order valence-corrected chi connectivity index (χ4v) is 2.35. The first kappa shape index (κ1) is 15.2. The highest BCUT2D eigenvalue weighted by molar-refractivity contribution is 6.04. The minimum atomic E-state index is -0.209. The van der Waals surface area contributed by atoms with Crippen molar-refractivity contribution in [3.05, 3.63) is 59.9 Å². The number of hydrogen-bond acceptors (Lipinski definition) is 4. The Hall–Kier alpha value is -2.73. The van der Waals surface area contributed by atoms with Crippen molar-refractivity contribution in [2.75, 3.05) is 31.6 Å². The van der Waals surface area contributed by atoms with Gasteiger partial charge in [0, 0.05) is 42.3 Å². The quantitative estimate of drug-likeness (QED) is 0.938. The second-order valence-corrected chi connectivity index (χ2v) is 5.17. The molecule has 1 aromatic heterocycles. The van der Waals surface area contributed by atoms with Gasteiger partial charge in [0.05, 0.1) is 13.2 Å². The standard InChI is InChI=1S/C17H17N3O3/c21-16(13-5-7-18-8-6-13)19-15-3-1-14(2-4-15)17(22)20-9-11-23-12-10-20/h1-8H,9-12H2,(H,19,21). The topological polar surface area (TPSA) is 71.5 Å². The zero-order valence-electron chi connectivity index (χ0n) is 12.6. The molecule has 1 N–H and O–H groups in total. The molecule has 118 valence electrons. The van der Waals surface area contributed by atoms with Crippen LogP contribution in [0.3, 0.4) is 0 Å². The van der Waals surface area contributed by atoms with Crippen LogP contribution < -0.4 is 5.32 Å². The molecule has 1 aliphatic heterocycles. The molecule has 1 fully saturated rings. The highest BCUT2D eigenvalue weighted by atomic mass is 16.5. The number of rotatable bonds is 3. The van der Waals surface area contributed by atoms with Gasteiger partial charge in [-0.05, 0) is 36.4 Å². The molecule has 1 aliphatic rings. The van der Waals surface area contributed by atoms with Crippen LogP contribution in [0.4, 0.5) is 5.69 Å². The van der Waals surface area contributed by atoms with Crippen molar-refractivity contribution in [3.63, 3.8) is 0 Å². The largest absolute Gasteiger partial charge is 0.378 e. The second kappa shape index (κ2) is 7.02. The SMILES string of the molecule is O=C(Nc1ccc(C(=O)N2CCOCC2)cc1)c1ccncc1. The summed E-state index contributed by atoms with van der Waals surface area (Å²) in [6.45, 7) is 2.37. The van der Waals surface area contributed by atoms with Crippen molar-refractivity contribution in [1.82, 2.24) is 9.88 Å². The molecular weight excluding hydrogens is 294 g/mol. The minimum Gasteiger partial charge on any atom is -0.378 e. The smallest absolute Gasteiger partial charge is 0.255 e. The molecule has 6 heteroatoms. The van der Waals surface area contributed by atoms with Crippen LogP contribution in [0, 0.1) is 0 Å². The number of benzene rings is 1. The van der Waals surface area contributed by atoms with Gasteiger partial charge in [-0.15, -0.1) is 0 Å². The average Bonchev–Trinajstić information content (AvgIpc) is 2.63.